The van der Waals surface area contributed by atoms with E-state index in [1.165, 1.54) is 49.7 Å². The SMILES string of the molecule is Cc1ccccc1CO[C@H]1CC[C@H](NC(=O)NC23CC4CC(CC(C4)C2)C3)CC1. The minimum absolute atomic E-state index is 0.0798. The number of ether oxygens (including phenoxy) is 1. The number of nitrogens with one attached hydrogen (secondary N) is 2. The molecule has 5 fully saturated rings. The zero-order valence-electron chi connectivity index (χ0n) is 17.8. The fourth-order valence-electron chi connectivity index (χ4n) is 7.08. The van der Waals surface area contributed by atoms with Crippen molar-refractivity contribution < 1.29 is 9.53 Å². The standard InChI is InChI=1S/C25H36N2O2/c1-17-4-2-3-5-21(17)16-29-23-8-6-22(7-9-23)26-24(28)27-25-13-18-10-19(14-25)12-20(11-18)15-25/h2-5,18-20,22-23H,6-16H2,1H3,(H2,26,27,28)/t18?,19?,20?,22-,23-,25?. The first kappa shape index (κ1) is 19.4. The molecule has 0 spiro atoms. The largest absolute Gasteiger partial charge is 0.374 e. The van der Waals surface area contributed by atoms with E-state index in [1.807, 2.05) is 0 Å². The molecule has 1 aromatic rings. The molecule has 4 bridgehead atoms. The predicted octanol–water partition coefficient (Wildman–Crippen LogP) is 5.09. The Balaban J connectivity index is 1.06. The van der Waals surface area contributed by atoms with Gasteiger partial charge in [-0.15, -0.1) is 0 Å². The van der Waals surface area contributed by atoms with Crippen molar-refractivity contribution in [2.24, 2.45) is 17.8 Å². The fourth-order valence-corrected chi connectivity index (χ4v) is 7.08. The maximum atomic E-state index is 12.8. The van der Waals surface area contributed by atoms with E-state index in [2.05, 4.69) is 41.8 Å². The highest BCUT2D eigenvalue weighted by Crippen LogP contribution is 2.55. The number of carbonyl (C=O) groups is 1. The van der Waals surface area contributed by atoms with Crippen molar-refractivity contribution in [3.05, 3.63) is 35.4 Å². The van der Waals surface area contributed by atoms with Crippen molar-refractivity contribution in [1.29, 1.82) is 0 Å². The number of hydrogen-bond acceptors (Lipinski definition) is 2. The van der Waals surface area contributed by atoms with Gasteiger partial charge in [0.25, 0.3) is 0 Å². The van der Waals surface area contributed by atoms with Gasteiger partial charge < -0.3 is 15.4 Å². The maximum absolute atomic E-state index is 12.8. The van der Waals surface area contributed by atoms with E-state index in [0.717, 1.165) is 43.4 Å². The minimum Gasteiger partial charge on any atom is -0.374 e. The molecular weight excluding hydrogens is 360 g/mol. The quantitative estimate of drug-likeness (QED) is 0.728. The van der Waals surface area contributed by atoms with E-state index in [9.17, 15) is 4.79 Å². The second-order valence-corrected chi connectivity index (χ2v) is 10.5. The molecule has 5 aliphatic carbocycles. The van der Waals surface area contributed by atoms with Gasteiger partial charge in [-0.2, -0.15) is 0 Å². The highest BCUT2D eigenvalue weighted by molar-refractivity contribution is 5.75. The normalized spacial score (nSPS) is 38.0. The van der Waals surface area contributed by atoms with Crippen LogP contribution in [0.15, 0.2) is 24.3 Å². The number of benzene rings is 1. The van der Waals surface area contributed by atoms with Crippen LogP contribution in [0.2, 0.25) is 0 Å². The topological polar surface area (TPSA) is 50.4 Å². The van der Waals surface area contributed by atoms with Crippen LogP contribution < -0.4 is 10.6 Å². The molecule has 158 valence electrons. The summed E-state index contributed by atoms with van der Waals surface area (Å²) in [5, 5.41) is 6.75. The van der Waals surface area contributed by atoms with Gasteiger partial charge in [0, 0.05) is 11.6 Å². The molecule has 0 heterocycles. The van der Waals surface area contributed by atoms with Crippen LogP contribution in [0.4, 0.5) is 4.79 Å². The summed E-state index contributed by atoms with van der Waals surface area (Å²) in [6.07, 6.45) is 12.3. The van der Waals surface area contributed by atoms with Crippen molar-refractivity contribution in [3.63, 3.8) is 0 Å². The number of amides is 2. The van der Waals surface area contributed by atoms with Crippen LogP contribution in [0, 0.1) is 24.7 Å². The number of aryl methyl sites for hydroxylation is 1. The Labute approximate surface area is 175 Å². The van der Waals surface area contributed by atoms with Crippen LogP contribution in [-0.4, -0.2) is 23.7 Å². The number of hydrogen-bond donors (Lipinski definition) is 2. The smallest absolute Gasteiger partial charge is 0.315 e. The Bertz CT molecular complexity index is 703. The lowest BCUT2D eigenvalue weighted by molar-refractivity contribution is -0.0142. The van der Waals surface area contributed by atoms with Gasteiger partial charge in [-0.25, -0.2) is 4.79 Å². The van der Waals surface area contributed by atoms with E-state index >= 15 is 0 Å². The third-order valence-corrected chi connectivity index (χ3v) is 8.16. The van der Waals surface area contributed by atoms with Crippen LogP contribution in [0.25, 0.3) is 0 Å². The molecule has 0 aromatic heterocycles. The molecule has 5 saturated carbocycles. The van der Waals surface area contributed by atoms with Gasteiger partial charge in [0.15, 0.2) is 0 Å². The highest BCUT2D eigenvalue weighted by atomic mass is 16.5. The van der Waals surface area contributed by atoms with Crippen molar-refractivity contribution >= 4 is 6.03 Å². The Kier molecular flexibility index (Phi) is 5.32. The van der Waals surface area contributed by atoms with Crippen LogP contribution in [-0.2, 0) is 11.3 Å². The first-order chi connectivity index (χ1) is 14.1. The van der Waals surface area contributed by atoms with Crippen molar-refractivity contribution in [3.8, 4) is 0 Å². The highest BCUT2D eigenvalue weighted by Gasteiger charge is 2.51. The lowest BCUT2D eigenvalue weighted by atomic mass is 9.53. The third kappa shape index (κ3) is 4.33. The van der Waals surface area contributed by atoms with Crippen molar-refractivity contribution in [1.82, 2.24) is 10.6 Å². The average Bonchev–Trinajstić information content (AvgIpc) is 2.67. The van der Waals surface area contributed by atoms with Gasteiger partial charge in [-0.05, 0) is 100 Å². The van der Waals surface area contributed by atoms with Gasteiger partial charge >= 0.3 is 6.03 Å². The number of urea groups is 1. The van der Waals surface area contributed by atoms with Crippen molar-refractivity contribution in [2.75, 3.05) is 0 Å². The summed E-state index contributed by atoms with van der Waals surface area (Å²) in [7, 11) is 0. The number of carbonyl (C=O) groups excluding carboxylic acids is 1. The second-order valence-electron chi connectivity index (χ2n) is 10.5. The molecule has 4 nitrogen and oxygen atoms in total. The van der Waals surface area contributed by atoms with Gasteiger partial charge in [0.1, 0.15) is 0 Å². The summed E-state index contributed by atoms with van der Waals surface area (Å²) in [6, 6.07) is 8.82. The Morgan fingerprint density at radius 3 is 2.24 bits per heavy atom. The lowest BCUT2D eigenvalue weighted by Crippen LogP contribution is -2.62. The van der Waals surface area contributed by atoms with Crippen LogP contribution in [0.3, 0.4) is 0 Å². The molecule has 2 amide bonds. The molecule has 29 heavy (non-hydrogen) atoms. The molecule has 0 saturated heterocycles. The molecule has 5 aliphatic rings. The molecule has 4 heteroatoms. The zero-order chi connectivity index (χ0) is 19.8. The van der Waals surface area contributed by atoms with E-state index in [1.54, 1.807) is 0 Å². The van der Waals surface area contributed by atoms with Gasteiger partial charge in [0.2, 0.25) is 0 Å². The van der Waals surface area contributed by atoms with E-state index in [0.29, 0.717) is 18.8 Å². The summed E-state index contributed by atoms with van der Waals surface area (Å²) in [5.41, 5.74) is 2.68. The first-order valence-corrected chi connectivity index (χ1v) is 11.8. The lowest BCUT2D eigenvalue weighted by Gasteiger charge is -2.56. The summed E-state index contributed by atoms with van der Waals surface area (Å²) in [4.78, 5) is 12.8. The van der Waals surface area contributed by atoms with E-state index < -0.39 is 0 Å². The average molecular weight is 397 g/mol. The predicted molar refractivity (Wildman–Crippen MR) is 115 cm³/mol. The Morgan fingerprint density at radius 2 is 1.62 bits per heavy atom. The van der Waals surface area contributed by atoms with Crippen LogP contribution in [0.1, 0.15) is 75.3 Å². The summed E-state index contributed by atoms with van der Waals surface area (Å²) in [6.45, 7) is 2.84. The summed E-state index contributed by atoms with van der Waals surface area (Å²) in [5.74, 6) is 2.59. The molecule has 0 unspecified atom stereocenters. The molecule has 1 aromatic carbocycles. The second kappa shape index (κ2) is 7.94. The monoisotopic (exact) mass is 396 g/mol. The first-order valence-electron chi connectivity index (χ1n) is 11.8. The Hall–Kier alpha value is -1.55. The molecule has 0 aliphatic heterocycles. The molecule has 0 radical (unpaired) electrons. The Morgan fingerprint density at radius 1 is 1.00 bits per heavy atom. The molecular formula is C25H36N2O2. The number of rotatable bonds is 5. The fraction of sp³-hybridized carbons (Fsp3) is 0.720. The third-order valence-electron chi connectivity index (χ3n) is 8.16. The zero-order valence-corrected chi connectivity index (χ0v) is 17.8. The van der Waals surface area contributed by atoms with E-state index in [4.69, 9.17) is 4.74 Å². The van der Waals surface area contributed by atoms with Crippen LogP contribution in [0.5, 0.6) is 0 Å². The van der Waals surface area contributed by atoms with Gasteiger partial charge in [0.05, 0.1) is 12.7 Å². The maximum Gasteiger partial charge on any atom is 0.315 e. The molecule has 6 rings (SSSR count). The van der Waals surface area contributed by atoms with Gasteiger partial charge in [-0.1, -0.05) is 24.3 Å². The van der Waals surface area contributed by atoms with Gasteiger partial charge in [-0.3, -0.25) is 0 Å². The summed E-state index contributed by atoms with van der Waals surface area (Å²) < 4.78 is 6.17. The van der Waals surface area contributed by atoms with E-state index in [-0.39, 0.29) is 11.6 Å². The summed E-state index contributed by atoms with van der Waals surface area (Å²) >= 11 is 0. The molecule has 0 atom stereocenters. The molecule has 2 N–H and O–H groups in total. The van der Waals surface area contributed by atoms with Crippen LogP contribution >= 0.6 is 0 Å². The minimum atomic E-state index is 0.0798. The van der Waals surface area contributed by atoms with Crippen molar-refractivity contribution in [2.45, 2.75) is 95.4 Å².